The highest BCUT2D eigenvalue weighted by Crippen LogP contribution is 2.57. The van der Waals surface area contributed by atoms with Crippen molar-refractivity contribution in [2.24, 2.45) is 0 Å². The lowest BCUT2D eigenvalue weighted by atomic mass is 9.76. The summed E-state index contributed by atoms with van der Waals surface area (Å²) in [5, 5.41) is 13.1. The molecule has 0 nitrogen and oxygen atoms in total. The Bertz CT molecular complexity index is 3390. The van der Waals surface area contributed by atoms with Gasteiger partial charge >= 0.3 is 0 Å². The predicted molar refractivity (Wildman–Crippen MR) is 243 cm³/mol. The maximum Gasteiger partial charge on any atom is 0.0355 e. The fourth-order valence-electron chi connectivity index (χ4n) is 10.3. The van der Waals surface area contributed by atoms with Crippen molar-refractivity contribution in [3.63, 3.8) is 0 Å². The van der Waals surface area contributed by atoms with Crippen LogP contribution in [0.25, 0.3) is 108 Å². The highest BCUT2D eigenvalue weighted by molar-refractivity contribution is 7.25. The van der Waals surface area contributed by atoms with Crippen LogP contribution in [0.15, 0.2) is 182 Å². The second-order valence-electron chi connectivity index (χ2n) is 15.9. The average molecular weight is 729 g/mol. The van der Waals surface area contributed by atoms with Crippen molar-refractivity contribution in [3.05, 3.63) is 193 Å². The van der Waals surface area contributed by atoms with Gasteiger partial charge in [0.1, 0.15) is 0 Å². The first-order valence-corrected chi connectivity index (χ1v) is 20.4. The van der Waals surface area contributed by atoms with Crippen LogP contribution in [0, 0.1) is 0 Å². The van der Waals surface area contributed by atoms with Gasteiger partial charge in [0.25, 0.3) is 0 Å². The molecule has 12 rings (SSSR count). The van der Waals surface area contributed by atoms with E-state index in [2.05, 4.69) is 196 Å². The van der Waals surface area contributed by atoms with Crippen LogP contribution < -0.4 is 0 Å². The zero-order chi connectivity index (χ0) is 37.1. The van der Waals surface area contributed by atoms with Gasteiger partial charge in [-0.05, 0) is 123 Å². The molecule has 1 aliphatic carbocycles. The molecular formula is C55H36S. The molecule has 1 heterocycles. The first kappa shape index (κ1) is 31.8. The smallest absolute Gasteiger partial charge is 0.0355 e. The zero-order valence-electron chi connectivity index (χ0n) is 31.2. The summed E-state index contributed by atoms with van der Waals surface area (Å²) in [6, 6.07) is 68.2. The van der Waals surface area contributed by atoms with E-state index in [0.29, 0.717) is 0 Å². The summed E-state index contributed by atoms with van der Waals surface area (Å²) >= 11 is 1.88. The Morgan fingerprint density at radius 3 is 1.43 bits per heavy atom. The molecular weight excluding hydrogens is 693 g/mol. The Morgan fingerprint density at radius 2 is 0.768 bits per heavy atom. The van der Waals surface area contributed by atoms with Crippen LogP contribution in [0.5, 0.6) is 0 Å². The number of thiophene rings is 1. The molecule has 1 aliphatic rings. The number of fused-ring (bicyclic) bond motifs is 13. The summed E-state index contributed by atoms with van der Waals surface area (Å²) in [4.78, 5) is 0. The summed E-state index contributed by atoms with van der Waals surface area (Å²) in [5.74, 6) is 0. The summed E-state index contributed by atoms with van der Waals surface area (Å²) in [6.45, 7) is 4.87. The molecule has 0 amide bonds. The fraction of sp³-hybridized carbons (Fsp3) is 0.0545. The van der Waals surface area contributed by atoms with Gasteiger partial charge < -0.3 is 0 Å². The largest absolute Gasteiger partial charge is 0.135 e. The average Bonchev–Trinajstić information content (AvgIpc) is 3.74. The van der Waals surface area contributed by atoms with E-state index in [-0.39, 0.29) is 5.41 Å². The molecule has 0 radical (unpaired) electrons. The molecule has 0 bridgehead atoms. The topological polar surface area (TPSA) is 0 Å². The van der Waals surface area contributed by atoms with Gasteiger partial charge in [-0.3, -0.25) is 0 Å². The molecule has 1 heteroatoms. The normalized spacial score (nSPS) is 13.3. The maximum absolute atomic E-state index is 2.45. The van der Waals surface area contributed by atoms with Gasteiger partial charge in [0.05, 0.1) is 0 Å². The van der Waals surface area contributed by atoms with E-state index in [1.54, 1.807) is 0 Å². The van der Waals surface area contributed by atoms with Gasteiger partial charge in [0, 0.05) is 25.6 Å². The van der Waals surface area contributed by atoms with Gasteiger partial charge in [-0.1, -0.05) is 172 Å². The van der Waals surface area contributed by atoms with Crippen LogP contribution in [0.1, 0.15) is 25.0 Å². The molecule has 0 saturated carbocycles. The highest BCUT2D eigenvalue weighted by Gasteiger charge is 2.40. The van der Waals surface area contributed by atoms with E-state index in [4.69, 9.17) is 0 Å². The molecule has 56 heavy (non-hydrogen) atoms. The summed E-state index contributed by atoms with van der Waals surface area (Å²) in [7, 11) is 0. The number of rotatable bonds is 3. The van der Waals surface area contributed by atoms with Gasteiger partial charge in [-0.2, -0.15) is 0 Å². The van der Waals surface area contributed by atoms with Crippen molar-refractivity contribution in [1.29, 1.82) is 0 Å². The predicted octanol–water partition coefficient (Wildman–Crippen LogP) is 16.0. The standard InChI is InChI=1S/C55H36S/c1-55(2)53-36(26-14-27-46(53)52-40-20-5-3-17-37(40)38-18-4-10-25-45(38)54(52)55)33-15-13-16-34(31-33)50-41-21-6-8-23-43(41)51(44-24-9-7-22-42(44)50)35-29-30-49-47(32-35)39-19-11-12-28-48(39)56-49/h3-32H,1-2H3. The molecule has 0 atom stereocenters. The monoisotopic (exact) mass is 728 g/mol. The van der Waals surface area contributed by atoms with Crippen molar-refractivity contribution in [2.45, 2.75) is 19.3 Å². The first-order chi connectivity index (χ1) is 27.6. The third-order valence-corrected chi connectivity index (χ3v) is 13.7. The van der Waals surface area contributed by atoms with Crippen LogP contribution in [-0.2, 0) is 5.41 Å². The summed E-state index contributed by atoms with van der Waals surface area (Å²) < 4.78 is 2.67. The van der Waals surface area contributed by atoms with E-state index in [0.717, 1.165) is 0 Å². The van der Waals surface area contributed by atoms with Gasteiger partial charge in [-0.15, -0.1) is 11.3 Å². The lowest BCUT2D eigenvalue weighted by Gasteiger charge is -2.26. The molecule has 0 N–H and O–H groups in total. The number of hydrogen-bond donors (Lipinski definition) is 0. The minimum absolute atomic E-state index is 0.198. The van der Waals surface area contributed by atoms with Crippen molar-refractivity contribution in [2.75, 3.05) is 0 Å². The first-order valence-electron chi connectivity index (χ1n) is 19.6. The molecule has 0 unspecified atom stereocenters. The molecule has 1 aromatic heterocycles. The van der Waals surface area contributed by atoms with Crippen LogP contribution in [0.2, 0.25) is 0 Å². The summed E-state index contributed by atoms with van der Waals surface area (Å²) in [6.07, 6.45) is 0. The number of hydrogen-bond acceptors (Lipinski definition) is 1. The Kier molecular flexibility index (Phi) is 6.66. The van der Waals surface area contributed by atoms with Crippen molar-refractivity contribution >= 4 is 74.6 Å². The van der Waals surface area contributed by atoms with E-state index in [1.165, 1.54) is 119 Å². The third kappa shape index (κ3) is 4.35. The Balaban J connectivity index is 1.08. The van der Waals surface area contributed by atoms with Crippen molar-refractivity contribution in [1.82, 2.24) is 0 Å². The summed E-state index contributed by atoms with van der Waals surface area (Å²) in [5.41, 5.74) is 13.0. The Morgan fingerprint density at radius 1 is 0.304 bits per heavy atom. The molecule has 0 spiro atoms. The van der Waals surface area contributed by atoms with Crippen molar-refractivity contribution < 1.29 is 0 Å². The van der Waals surface area contributed by atoms with Crippen LogP contribution in [0.3, 0.4) is 0 Å². The second-order valence-corrected chi connectivity index (χ2v) is 17.0. The molecule has 262 valence electrons. The van der Waals surface area contributed by atoms with E-state index >= 15 is 0 Å². The Hall–Kier alpha value is -6.54. The molecule has 0 aliphatic heterocycles. The van der Waals surface area contributed by atoms with Gasteiger partial charge in [0.15, 0.2) is 0 Å². The highest BCUT2D eigenvalue weighted by atomic mass is 32.1. The number of benzene rings is 10. The van der Waals surface area contributed by atoms with Gasteiger partial charge in [0.2, 0.25) is 0 Å². The maximum atomic E-state index is 2.45. The van der Waals surface area contributed by atoms with Crippen LogP contribution in [0.4, 0.5) is 0 Å². The van der Waals surface area contributed by atoms with Gasteiger partial charge in [-0.25, -0.2) is 0 Å². The molecule has 10 aromatic carbocycles. The van der Waals surface area contributed by atoms with Crippen LogP contribution >= 0.6 is 11.3 Å². The fourth-order valence-corrected chi connectivity index (χ4v) is 11.4. The molecule has 11 aromatic rings. The van der Waals surface area contributed by atoms with E-state index in [9.17, 15) is 0 Å². The SMILES string of the molecule is CC1(C)c2c(-c3cccc(-c4c5ccccc5c(-c5ccc6sc7ccccc7c6c5)c5ccccc45)c3)cccc2-c2c1c1ccccc1c1ccccc21. The molecule has 0 fully saturated rings. The minimum atomic E-state index is -0.198. The molecule has 0 saturated heterocycles. The van der Waals surface area contributed by atoms with E-state index < -0.39 is 0 Å². The lowest BCUT2D eigenvalue weighted by Crippen LogP contribution is -2.17. The zero-order valence-corrected chi connectivity index (χ0v) is 32.0. The second kappa shape index (κ2) is 11.7. The van der Waals surface area contributed by atoms with Crippen LogP contribution in [-0.4, -0.2) is 0 Å². The Labute approximate surface area is 329 Å². The van der Waals surface area contributed by atoms with Crippen molar-refractivity contribution in [3.8, 4) is 44.5 Å². The third-order valence-electron chi connectivity index (χ3n) is 12.6. The minimum Gasteiger partial charge on any atom is -0.135 e. The lowest BCUT2D eigenvalue weighted by molar-refractivity contribution is 0.668. The van der Waals surface area contributed by atoms with E-state index in [1.807, 2.05) is 11.3 Å². The quantitative estimate of drug-likeness (QED) is 0.126.